The number of nitrogens with one attached hydrogen (secondary N) is 1. The third-order valence-corrected chi connectivity index (χ3v) is 4.64. The molecule has 0 amide bonds. The van der Waals surface area contributed by atoms with Crippen LogP contribution in [0.4, 0.5) is 10.3 Å². The Balaban J connectivity index is 1.61. The van der Waals surface area contributed by atoms with E-state index in [-0.39, 0.29) is 5.82 Å². The average Bonchev–Trinajstić information content (AvgIpc) is 3.18. The van der Waals surface area contributed by atoms with E-state index in [0.29, 0.717) is 28.2 Å². The Hall–Kier alpha value is -3.07. The number of fused-ring (bicyclic) bond motifs is 1. The van der Waals surface area contributed by atoms with Crippen molar-refractivity contribution in [3.8, 4) is 6.07 Å². The van der Waals surface area contributed by atoms with Crippen LogP contribution in [0.15, 0.2) is 34.7 Å². The van der Waals surface area contributed by atoms with Crippen molar-refractivity contribution in [1.29, 1.82) is 5.26 Å². The zero-order chi connectivity index (χ0) is 17.9. The van der Waals surface area contributed by atoms with Crippen molar-refractivity contribution in [3.05, 3.63) is 47.7 Å². The molecule has 1 saturated heterocycles. The summed E-state index contributed by atoms with van der Waals surface area (Å²) in [5.74, 6) is 1.50. The van der Waals surface area contributed by atoms with Gasteiger partial charge in [-0.15, -0.1) is 0 Å². The van der Waals surface area contributed by atoms with Gasteiger partial charge >= 0.3 is 0 Å². The van der Waals surface area contributed by atoms with Gasteiger partial charge in [0.2, 0.25) is 0 Å². The van der Waals surface area contributed by atoms with Gasteiger partial charge in [0, 0.05) is 25.2 Å². The lowest BCUT2D eigenvalue weighted by atomic mass is 10.2. The fourth-order valence-corrected chi connectivity index (χ4v) is 3.29. The van der Waals surface area contributed by atoms with E-state index in [9.17, 15) is 9.65 Å². The van der Waals surface area contributed by atoms with E-state index in [2.05, 4.69) is 20.9 Å². The molecule has 26 heavy (non-hydrogen) atoms. The van der Waals surface area contributed by atoms with Crippen molar-refractivity contribution in [1.82, 2.24) is 9.97 Å². The van der Waals surface area contributed by atoms with Crippen LogP contribution in [0.5, 0.6) is 0 Å². The van der Waals surface area contributed by atoms with Crippen LogP contribution < -0.4 is 4.90 Å². The molecule has 0 atom stereocenters. The Labute approximate surface area is 150 Å². The van der Waals surface area contributed by atoms with E-state index in [1.807, 2.05) is 12.1 Å². The SMILES string of the molecule is N#C/C(=C/c1ccc(N2CCCCCC2)o1)c1nc2ccc(F)cc2[nH]1. The highest BCUT2D eigenvalue weighted by Crippen LogP contribution is 2.25. The van der Waals surface area contributed by atoms with Gasteiger partial charge in [0.15, 0.2) is 5.88 Å². The zero-order valence-corrected chi connectivity index (χ0v) is 14.3. The van der Waals surface area contributed by atoms with Crippen LogP contribution in [-0.2, 0) is 0 Å². The Morgan fingerprint density at radius 3 is 2.77 bits per heavy atom. The zero-order valence-electron chi connectivity index (χ0n) is 14.3. The van der Waals surface area contributed by atoms with Gasteiger partial charge in [-0.3, -0.25) is 0 Å². The molecule has 132 valence electrons. The van der Waals surface area contributed by atoms with Crippen LogP contribution in [0.1, 0.15) is 37.3 Å². The number of anilines is 1. The monoisotopic (exact) mass is 350 g/mol. The van der Waals surface area contributed by atoms with E-state index in [4.69, 9.17) is 4.42 Å². The van der Waals surface area contributed by atoms with Crippen molar-refractivity contribution < 1.29 is 8.81 Å². The summed E-state index contributed by atoms with van der Waals surface area (Å²) in [7, 11) is 0. The number of hydrogen-bond donors (Lipinski definition) is 1. The van der Waals surface area contributed by atoms with Crippen LogP contribution in [0.3, 0.4) is 0 Å². The van der Waals surface area contributed by atoms with E-state index in [1.54, 1.807) is 12.1 Å². The van der Waals surface area contributed by atoms with Crippen molar-refractivity contribution in [2.24, 2.45) is 0 Å². The molecule has 0 bridgehead atoms. The molecular formula is C20H19FN4O. The number of halogens is 1. The normalized spacial score (nSPS) is 15.8. The van der Waals surface area contributed by atoms with E-state index >= 15 is 0 Å². The summed E-state index contributed by atoms with van der Waals surface area (Å²) in [4.78, 5) is 9.61. The molecule has 3 aromatic rings. The van der Waals surface area contributed by atoms with Crippen molar-refractivity contribution in [2.45, 2.75) is 25.7 Å². The van der Waals surface area contributed by atoms with Crippen molar-refractivity contribution in [3.63, 3.8) is 0 Å². The summed E-state index contributed by atoms with van der Waals surface area (Å²) in [6, 6.07) is 10.3. The van der Waals surface area contributed by atoms with Crippen molar-refractivity contribution in [2.75, 3.05) is 18.0 Å². The van der Waals surface area contributed by atoms with Crippen LogP contribution in [-0.4, -0.2) is 23.1 Å². The quantitative estimate of drug-likeness (QED) is 0.693. The first-order chi connectivity index (χ1) is 12.7. The number of furan rings is 1. The third kappa shape index (κ3) is 3.33. The smallest absolute Gasteiger partial charge is 0.196 e. The largest absolute Gasteiger partial charge is 0.441 e. The molecule has 1 aromatic carbocycles. The molecule has 5 nitrogen and oxygen atoms in total. The molecule has 0 radical (unpaired) electrons. The lowest BCUT2D eigenvalue weighted by Gasteiger charge is -2.18. The maximum absolute atomic E-state index is 13.3. The Morgan fingerprint density at radius 1 is 1.19 bits per heavy atom. The van der Waals surface area contributed by atoms with Crippen LogP contribution in [0.2, 0.25) is 0 Å². The molecule has 2 aromatic heterocycles. The first kappa shape index (κ1) is 16.4. The molecule has 1 aliphatic heterocycles. The first-order valence-electron chi connectivity index (χ1n) is 8.85. The summed E-state index contributed by atoms with van der Waals surface area (Å²) >= 11 is 0. The summed E-state index contributed by atoms with van der Waals surface area (Å²) in [5, 5.41) is 9.51. The number of aromatic nitrogens is 2. The lowest BCUT2D eigenvalue weighted by molar-refractivity contribution is 0.536. The van der Waals surface area contributed by atoms with E-state index in [1.165, 1.54) is 37.8 Å². The highest BCUT2D eigenvalue weighted by Gasteiger charge is 2.14. The number of rotatable bonds is 3. The number of nitrogens with zero attached hydrogens (tertiary/aromatic N) is 3. The van der Waals surface area contributed by atoms with Crippen LogP contribution >= 0.6 is 0 Å². The van der Waals surface area contributed by atoms with Gasteiger partial charge in [0.25, 0.3) is 0 Å². The molecule has 1 fully saturated rings. The molecule has 0 saturated carbocycles. The van der Waals surface area contributed by atoms with E-state index < -0.39 is 0 Å². The van der Waals surface area contributed by atoms with Crippen molar-refractivity contribution >= 4 is 28.6 Å². The lowest BCUT2D eigenvalue weighted by Crippen LogP contribution is -2.23. The van der Waals surface area contributed by atoms with Gasteiger partial charge in [-0.25, -0.2) is 9.37 Å². The molecule has 0 unspecified atom stereocenters. The summed E-state index contributed by atoms with van der Waals surface area (Å²) in [6.45, 7) is 1.99. The number of benzene rings is 1. The average molecular weight is 350 g/mol. The first-order valence-corrected chi connectivity index (χ1v) is 8.85. The van der Waals surface area contributed by atoms with Crippen LogP contribution in [0.25, 0.3) is 22.7 Å². The Bertz CT molecular complexity index is 987. The Morgan fingerprint density at radius 2 is 2.00 bits per heavy atom. The molecule has 1 aliphatic rings. The molecule has 3 heterocycles. The predicted molar refractivity (Wildman–Crippen MR) is 98.9 cm³/mol. The number of H-pyrrole nitrogens is 1. The summed E-state index contributed by atoms with van der Waals surface area (Å²) < 4.78 is 19.3. The fourth-order valence-electron chi connectivity index (χ4n) is 3.29. The standard InChI is InChI=1S/C20H19FN4O/c21-15-5-7-17-18(12-15)24-20(23-17)14(13-22)11-16-6-8-19(26-16)25-9-3-1-2-4-10-25/h5-8,11-12H,1-4,9-10H2,(H,23,24)/b14-11-. The number of nitriles is 1. The minimum Gasteiger partial charge on any atom is -0.441 e. The number of imidazole rings is 1. The molecule has 0 spiro atoms. The van der Waals surface area contributed by atoms with Gasteiger partial charge in [0.05, 0.1) is 16.6 Å². The second-order valence-corrected chi connectivity index (χ2v) is 6.49. The highest BCUT2D eigenvalue weighted by molar-refractivity contribution is 5.89. The number of hydrogen-bond acceptors (Lipinski definition) is 4. The van der Waals surface area contributed by atoms with Gasteiger partial charge in [-0.1, -0.05) is 12.8 Å². The molecule has 0 aliphatic carbocycles. The second kappa shape index (κ2) is 7.04. The number of aromatic amines is 1. The highest BCUT2D eigenvalue weighted by atomic mass is 19.1. The Kier molecular flexibility index (Phi) is 4.44. The number of allylic oxidation sites excluding steroid dienone is 1. The van der Waals surface area contributed by atoms with Gasteiger partial charge < -0.3 is 14.3 Å². The van der Waals surface area contributed by atoms with E-state index in [0.717, 1.165) is 19.0 Å². The molecule has 1 N–H and O–H groups in total. The topological polar surface area (TPSA) is 68.8 Å². The molecular weight excluding hydrogens is 331 g/mol. The predicted octanol–water partition coefficient (Wildman–Crippen LogP) is 4.74. The maximum Gasteiger partial charge on any atom is 0.196 e. The minimum absolute atomic E-state index is 0.344. The maximum atomic E-state index is 13.3. The summed E-state index contributed by atoms with van der Waals surface area (Å²) in [6.07, 6.45) is 6.52. The summed E-state index contributed by atoms with van der Waals surface area (Å²) in [5.41, 5.74) is 1.52. The van der Waals surface area contributed by atoms with Gasteiger partial charge in [-0.2, -0.15) is 5.26 Å². The van der Waals surface area contributed by atoms with Gasteiger partial charge in [-0.05, 0) is 37.1 Å². The van der Waals surface area contributed by atoms with Gasteiger partial charge in [0.1, 0.15) is 23.5 Å². The third-order valence-electron chi connectivity index (χ3n) is 4.64. The second-order valence-electron chi connectivity index (χ2n) is 6.49. The molecule has 6 heteroatoms. The van der Waals surface area contributed by atoms with Crippen LogP contribution in [0, 0.1) is 17.1 Å². The molecule has 4 rings (SSSR count). The fraction of sp³-hybridized carbons (Fsp3) is 0.300. The minimum atomic E-state index is -0.344.